The van der Waals surface area contributed by atoms with E-state index in [9.17, 15) is 9.18 Å². The monoisotopic (exact) mass is 255 g/mol. The summed E-state index contributed by atoms with van der Waals surface area (Å²) in [4.78, 5) is 14.6. The lowest BCUT2D eigenvalue weighted by molar-refractivity contribution is -0.107. The largest absolute Gasteiger partial charge is 0.303 e. The molecule has 1 aromatic heterocycles. The Kier molecular flexibility index (Phi) is 3.31. The van der Waals surface area contributed by atoms with Gasteiger partial charge in [-0.2, -0.15) is 0 Å². The van der Waals surface area contributed by atoms with Crippen LogP contribution in [-0.2, 0) is 11.2 Å². The molecular weight excluding hydrogens is 249 g/mol. The predicted molar refractivity (Wildman–Crippen MR) is 62.3 cm³/mol. The van der Waals surface area contributed by atoms with Crippen LogP contribution in [0.25, 0.3) is 11.3 Å². The highest BCUT2D eigenvalue weighted by Crippen LogP contribution is 2.26. The number of benzene rings is 1. The number of hydrogen-bond donors (Lipinski definition) is 0. The van der Waals surface area contributed by atoms with Crippen molar-refractivity contribution in [2.24, 2.45) is 0 Å². The van der Waals surface area contributed by atoms with Gasteiger partial charge in [-0.1, -0.05) is 11.6 Å². The van der Waals surface area contributed by atoms with Crippen molar-refractivity contribution in [2.45, 2.75) is 6.42 Å². The molecule has 2 rings (SSSR count). The van der Waals surface area contributed by atoms with E-state index in [0.717, 1.165) is 16.9 Å². The molecule has 0 fully saturated rings. The van der Waals surface area contributed by atoms with Gasteiger partial charge >= 0.3 is 0 Å². The minimum Gasteiger partial charge on any atom is -0.303 e. The van der Waals surface area contributed by atoms with Crippen molar-refractivity contribution in [1.82, 2.24) is 4.98 Å². The van der Waals surface area contributed by atoms with Gasteiger partial charge in [-0.25, -0.2) is 9.37 Å². The van der Waals surface area contributed by atoms with Crippen molar-refractivity contribution in [3.8, 4) is 11.3 Å². The summed E-state index contributed by atoms with van der Waals surface area (Å²) >= 11 is 7.08. The average molecular weight is 256 g/mol. The Bertz CT molecular complexity index is 526. The molecule has 0 aliphatic heterocycles. The fourth-order valence-corrected chi connectivity index (χ4v) is 2.20. The van der Waals surface area contributed by atoms with Gasteiger partial charge in [-0.3, -0.25) is 0 Å². The van der Waals surface area contributed by atoms with Crippen LogP contribution in [0.15, 0.2) is 23.6 Å². The number of aldehydes is 1. The van der Waals surface area contributed by atoms with Gasteiger partial charge in [-0.15, -0.1) is 11.3 Å². The SMILES string of the molecule is O=CCc1nc(-c2ccc(F)c(Cl)c2)cs1. The van der Waals surface area contributed by atoms with Gasteiger partial charge in [0.1, 0.15) is 17.1 Å². The molecule has 0 saturated heterocycles. The molecule has 16 heavy (non-hydrogen) atoms. The smallest absolute Gasteiger partial charge is 0.141 e. The van der Waals surface area contributed by atoms with Crippen molar-refractivity contribution in [3.63, 3.8) is 0 Å². The summed E-state index contributed by atoms with van der Waals surface area (Å²) in [6, 6.07) is 4.44. The number of nitrogens with zero attached hydrogens (tertiary/aromatic N) is 1. The van der Waals surface area contributed by atoms with Gasteiger partial charge < -0.3 is 4.79 Å². The van der Waals surface area contributed by atoms with Gasteiger partial charge in [0, 0.05) is 10.9 Å². The first kappa shape index (κ1) is 11.2. The minimum atomic E-state index is -0.450. The van der Waals surface area contributed by atoms with Gasteiger partial charge in [0.2, 0.25) is 0 Å². The maximum absolute atomic E-state index is 12.9. The first-order valence-corrected chi connectivity index (χ1v) is 5.80. The second-order valence-electron chi connectivity index (χ2n) is 3.13. The highest BCUT2D eigenvalue weighted by molar-refractivity contribution is 7.10. The molecule has 0 aliphatic rings. The second-order valence-corrected chi connectivity index (χ2v) is 4.48. The minimum absolute atomic E-state index is 0.0717. The molecule has 2 aromatic rings. The molecule has 2 nitrogen and oxygen atoms in total. The van der Waals surface area contributed by atoms with E-state index in [2.05, 4.69) is 4.98 Å². The topological polar surface area (TPSA) is 30.0 Å². The van der Waals surface area contributed by atoms with Gasteiger partial charge in [0.05, 0.1) is 17.1 Å². The van der Waals surface area contributed by atoms with Crippen LogP contribution in [0.5, 0.6) is 0 Å². The standard InChI is InChI=1S/C11H7ClFNOS/c12-8-5-7(1-2-9(8)13)10-6-16-11(14-10)3-4-15/h1-2,4-6H,3H2. The van der Waals surface area contributed by atoms with Gasteiger partial charge in [0.15, 0.2) is 0 Å². The Morgan fingerprint density at radius 1 is 1.50 bits per heavy atom. The van der Waals surface area contributed by atoms with Crippen molar-refractivity contribution in [3.05, 3.63) is 39.4 Å². The third-order valence-electron chi connectivity index (χ3n) is 2.03. The molecular formula is C11H7ClFNOS. The van der Waals surface area contributed by atoms with Crippen LogP contribution in [0.4, 0.5) is 4.39 Å². The molecule has 0 spiro atoms. The molecule has 5 heteroatoms. The summed E-state index contributed by atoms with van der Waals surface area (Å²) < 4.78 is 12.9. The molecule has 0 radical (unpaired) electrons. The Balaban J connectivity index is 2.34. The van der Waals surface area contributed by atoms with Crippen LogP contribution in [0.1, 0.15) is 5.01 Å². The summed E-state index contributed by atoms with van der Waals surface area (Å²) in [7, 11) is 0. The molecule has 0 bridgehead atoms. The Labute approximate surface area is 101 Å². The predicted octanol–water partition coefficient (Wildman–Crippen LogP) is 3.34. The van der Waals surface area contributed by atoms with Gasteiger partial charge in [-0.05, 0) is 18.2 Å². The number of carbonyl (C=O) groups excluding carboxylic acids is 1. The Hall–Kier alpha value is -1.26. The van der Waals surface area contributed by atoms with E-state index < -0.39 is 5.82 Å². The van der Waals surface area contributed by atoms with E-state index in [1.54, 1.807) is 6.07 Å². The summed E-state index contributed by atoms with van der Waals surface area (Å²) in [5.41, 5.74) is 1.46. The summed E-state index contributed by atoms with van der Waals surface area (Å²) in [5.74, 6) is -0.450. The zero-order valence-electron chi connectivity index (χ0n) is 8.11. The lowest BCUT2D eigenvalue weighted by Crippen LogP contribution is -1.85. The summed E-state index contributed by atoms with van der Waals surface area (Å²) in [6.07, 6.45) is 1.11. The fourth-order valence-electron chi connectivity index (χ4n) is 1.26. The maximum atomic E-state index is 12.9. The number of carbonyl (C=O) groups is 1. The molecule has 1 aromatic carbocycles. The van der Waals surface area contributed by atoms with Crippen molar-refractivity contribution in [2.75, 3.05) is 0 Å². The van der Waals surface area contributed by atoms with E-state index in [-0.39, 0.29) is 5.02 Å². The highest BCUT2D eigenvalue weighted by atomic mass is 35.5. The van der Waals surface area contributed by atoms with Crippen LogP contribution >= 0.6 is 22.9 Å². The van der Waals surface area contributed by atoms with Crippen LogP contribution < -0.4 is 0 Å². The summed E-state index contributed by atoms with van der Waals surface area (Å²) in [6.45, 7) is 0. The van der Waals surface area contributed by atoms with Crippen LogP contribution in [0.2, 0.25) is 5.02 Å². The van der Waals surface area contributed by atoms with E-state index in [0.29, 0.717) is 12.1 Å². The molecule has 0 amide bonds. The first-order chi connectivity index (χ1) is 7.70. The van der Waals surface area contributed by atoms with Crippen molar-refractivity contribution >= 4 is 29.2 Å². The molecule has 0 aliphatic carbocycles. The number of hydrogen-bond acceptors (Lipinski definition) is 3. The molecule has 0 N–H and O–H groups in total. The molecule has 82 valence electrons. The molecule has 0 unspecified atom stereocenters. The zero-order valence-corrected chi connectivity index (χ0v) is 9.69. The maximum Gasteiger partial charge on any atom is 0.141 e. The lowest BCUT2D eigenvalue weighted by atomic mass is 10.2. The van der Waals surface area contributed by atoms with Crippen LogP contribution in [0, 0.1) is 5.82 Å². The molecule has 1 heterocycles. The van der Waals surface area contributed by atoms with E-state index in [4.69, 9.17) is 11.6 Å². The third kappa shape index (κ3) is 2.28. The van der Waals surface area contributed by atoms with E-state index >= 15 is 0 Å². The average Bonchev–Trinajstić information content (AvgIpc) is 2.71. The van der Waals surface area contributed by atoms with Crippen LogP contribution in [0.3, 0.4) is 0 Å². The van der Waals surface area contributed by atoms with Crippen LogP contribution in [-0.4, -0.2) is 11.3 Å². The quantitative estimate of drug-likeness (QED) is 0.788. The Morgan fingerprint density at radius 2 is 2.31 bits per heavy atom. The number of aromatic nitrogens is 1. The van der Waals surface area contributed by atoms with Crippen molar-refractivity contribution < 1.29 is 9.18 Å². The second kappa shape index (κ2) is 4.72. The van der Waals surface area contributed by atoms with Crippen molar-refractivity contribution in [1.29, 1.82) is 0 Å². The zero-order chi connectivity index (χ0) is 11.5. The van der Waals surface area contributed by atoms with E-state index in [1.807, 2.05) is 5.38 Å². The third-order valence-corrected chi connectivity index (χ3v) is 3.19. The number of halogens is 2. The Morgan fingerprint density at radius 3 is 3.00 bits per heavy atom. The lowest BCUT2D eigenvalue weighted by Gasteiger charge is -1.98. The normalized spacial score (nSPS) is 10.4. The van der Waals surface area contributed by atoms with E-state index in [1.165, 1.54) is 23.5 Å². The van der Waals surface area contributed by atoms with Gasteiger partial charge in [0.25, 0.3) is 0 Å². The fraction of sp³-hybridized carbons (Fsp3) is 0.0909. The molecule has 0 saturated carbocycles. The molecule has 0 atom stereocenters. The summed E-state index contributed by atoms with van der Waals surface area (Å²) in [5, 5.41) is 2.63. The number of thiazole rings is 1. The number of rotatable bonds is 3. The first-order valence-electron chi connectivity index (χ1n) is 4.54. The highest BCUT2D eigenvalue weighted by Gasteiger charge is 2.06.